The predicted molar refractivity (Wildman–Crippen MR) is 61.0 cm³/mol. The molecule has 0 heterocycles. The van der Waals surface area contributed by atoms with Gasteiger partial charge in [-0.2, -0.15) is 0 Å². The van der Waals surface area contributed by atoms with Crippen LogP contribution in [0.1, 0.15) is 65.2 Å². The lowest BCUT2D eigenvalue weighted by molar-refractivity contribution is -0.118. The highest BCUT2D eigenvalue weighted by atomic mass is 16.1. The molecule has 0 aromatic carbocycles. The quantitative estimate of drug-likeness (QED) is 0.569. The van der Waals surface area contributed by atoms with E-state index in [0.29, 0.717) is 12.3 Å². The Labute approximate surface area is 88.3 Å². The highest BCUT2D eigenvalue weighted by Gasteiger charge is 2.04. The van der Waals surface area contributed by atoms with Crippen LogP contribution in [0.5, 0.6) is 0 Å². The summed E-state index contributed by atoms with van der Waals surface area (Å²) in [6.07, 6.45) is 9.62. The molecule has 0 aromatic heterocycles. The molecule has 0 unspecified atom stereocenters. The Morgan fingerprint density at radius 1 is 1.14 bits per heavy atom. The molecular formula is C12H25NO. The highest BCUT2D eigenvalue weighted by molar-refractivity contribution is 5.73. The van der Waals surface area contributed by atoms with Crippen LogP contribution in [0.3, 0.4) is 0 Å². The Morgan fingerprint density at radius 3 is 2.29 bits per heavy atom. The Morgan fingerprint density at radius 2 is 1.71 bits per heavy atom. The number of carbonyl (C=O) groups excluding carboxylic acids is 1. The van der Waals surface area contributed by atoms with Crippen LogP contribution < -0.4 is 5.73 Å². The van der Waals surface area contributed by atoms with Gasteiger partial charge >= 0.3 is 0 Å². The summed E-state index contributed by atoms with van der Waals surface area (Å²) in [5, 5.41) is 0. The summed E-state index contributed by atoms with van der Waals surface area (Å²) in [5.74, 6) is 0.308. The number of nitrogens with two attached hydrogens (primary N) is 1. The maximum atomic E-state index is 10.6. The third kappa shape index (κ3) is 9.56. The maximum Gasteiger partial charge on any atom is 0.217 e. The van der Waals surface area contributed by atoms with E-state index in [9.17, 15) is 4.79 Å². The molecule has 0 aliphatic rings. The van der Waals surface area contributed by atoms with Crippen LogP contribution >= 0.6 is 0 Å². The Balaban J connectivity index is 3.14. The van der Waals surface area contributed by atoms with E-state index in [1.54, 1.807) is 0 Å². The monoisotopic (exact) mass is 199 g/mol. The van der Waals surface area contributed by atoms with E-state index in [2.05, 4.69) is 13.8 Å². The number of rotatable bonds is 9. The topological polar surface area (TPSA) is 43.1 Å². The van der Waals surface area contributed by atoms with E-state index in [-0.39, 0.29) is 5.91 Å². The molecule has 0 spiro atoms. The molecule has 0 saturated carbocycles. The Hall–Kier alpha value is -0.530. The standard InChI is InChI=1S/C12H25NO/c1-3-4-5-6-7-8-9-11(2)10-12(13)14/h11H,3-10H2,1-2H3,(H2,13,14)/t11-/m0/s1. The van der Waals surface area contributed by atoms with Crippen LogP contribution in [0.4, 0.5) is 0 Å². The van der Waals surface area contributed by atoms with E-state index >= 15 is 0 Å². The second-order valence-electron chi connectivity index (χ2n) is 4.33. The zero-order valence-corrected chi connectivity index (χ0v) is 9.72. The minimum absolute atomic E-state index is 0.163. The third-order valence-corrected chi connectivity index (χ3v) is 2.60. The average molecular weight is 199 g/mol. The first-order chi connectivity index (χ1) is 6.66. The van der Waals surface area contributed by atoms with Crippen molar-refractivity contribution in [2.75, 3.05) is 0 Å². The van der Waals surface area contributed by atoms with Crippen molar-refractivity contribution in [3.05, 3.63) is 0 Å². The molecule has 1 atom stereocenters. The van der Waals surface area contributed by atoms with E-state index < -0.39 is 0 Å². The van der Waals surface area contributed by atoms with Gasteiger partial charge in [-0.15, -0.1) is 0 Å². The average Bonchev–Trinajstić information content (AvgIpc) is 2.10. The zero-order valence-electron chi connectivity index (χ0n) is 9.72. The van der Waals surface area contributed by atoms with Crippen molar-refractivity contribution in [2.24, 2.45) is 11.7 Å². The van der Waals surface area contributed by atoms with Crippen molar-refractivity contribution in [3.63, 3.8) is 0 Å². The van der Waals surface area contributed by atoms with Gasteiger partial charge in [-0.1, -0.05) is 58.8 Å². The minimum Gasteiger partial charge on any atom is -0.370 e. The summed E-state index contributed by atoms with van der Waals surface area (Å²) in [5.41, 5.74) is 5.12. The summed E-state index contributed by atoms with van der Waals surface area (Å²) in [6.45, 7) is 4.34. The Bertz CT molecular complexity index is 145. The zero-order chi connectivity index (χ0) is 10.8. The minimum atomic E-state index is -0.163. The van der Waals surface area contributed by atoms with Gasteiger partial charge in [0, 0.05) is 6.42 Å². The van der Waals surface area contributed by atoms with Gasteiger partial charge in [-0.25, -0.2) is 0 Å². The molecule has 14 heavy (non-hydrogen) atoms. The van der Waals surface area contributed by atoms with Crippen LogP contribution in [-0.2, 0) is 4.79 Å². The Kier molecular flexibility index (Phi) is 8.70. The summed E-state index contributed by atoms with van der Waals surface area (Å²) in [6, 6.07) is 0. The second-order valence-corrected chi connectivity index (χ2v) is 4.33. The van der Waals surface area contributed by atoms with E-state index in [0.717, 1.165) is 6.42 Å². The molecule has 2 nitrogen and oxygen atoms in total. The molecule has 2 heteroatoms. The molecule has 0 aromatic rings. The fourth-order valence-corrected chi connectivity index (χ4v) is 1.72. The first-order valence-corrected chi connectivity index (χ1v) is 5.95. The lowest BCUT2D eigenvalue weighted by atomic mass is 9.99. The van der Waals surface area contributed by atoms with E-state index in [1.165, 1.54) is 38.5 Å². The SMILES string of the molecule is CCCCCCCC[C@H](C)CC(N)=O. The molecule has 0 radical (unpaired) electrons. The molecule has 2 N–H and O–H groups in total. The van der Waals surface area contributed by atoms with Crippen molar-refractivity contribution < 1.29 is 4.79 Å². The molecule has 0 bridgehead atoms. The molecule has 84 valence electrons. The van der Waals surface area contributed by atoms with Crippen LogP contribution in [0.2, 0.25) is 0 Å². The molecule has 0 fully saturated rings. The fourth-order valence-electron chi connectivity index (χ4n) is 1.72. The number of amides is 1. The fraction of sp³-hybridized carbons (Fsp3) is 0.917. The molecule has 0 saturated heterocycles. The van der Waals surface area contributed by atoms with Crippen molar-refractivity contribution >= 4 is 5.91 Å². The molecule has 0 rings (SSSR count). The second kappa shape index (κ2) is 9.04. The van der Waals surface area contributed by atoms with Gasteiger partial charge < -0.3 is 5.73 Å². The van der Waals surface area contributed by atoms with Gasteiger partial charge in [-0.05, 0) is 5.92 Å². The van der Waals surface area contributed by atoms with Gasteiger partial charge in [0.2, 0.25) is 5.91 Å². The van der Waals surface area contributed by atoms with Gasteiger partial charge in [0.1, 0.15) is 0 Å². The number of hydrogen-bond acceptors (Lipinski definition) is 1. The van der Waals surface area contributed by atoms with Crippen molar-refractivity contribution in [3.8, 4) is 0 Å². The van der Waals surface area contributed by atoms with Crippen LogP contribution in [-0.4, -0.2) is 5.91 Å². The largest absolute Gasteiger partial charge is 0.370 e. The molecule has 1 amide bonds. The van der Waals surface area contributed by atoms with E-state index in [1.807, 2.05) is 0 Å². The number of unbranched alkanes of at least 4 members (excludes halogenated alkanes) is 5. The van der Waals surface area contributed by atoms with Crippen LogP contribution in [0, 0.1) is 5.92 Å². The first-order valence-electron chi connectivity index (χ1n) is 5.95. The number of primary amides is 1. The van der Waals surface area contributed by atoms with Crippen molar-refractivity contribution in [1.29, 1.82) is 0 Å². The summed E-state index contributed by atoms with van der Waals surface area (Å²) >= 11 is 0. The van der Waals surface area contributed by atoms with Crippen LogP contribution in [0.25, 0.3) is 0 Å². The molecule has 0 aliphatic heterocycles. The van der Waals surface area contributed by atoms with Crippen LogP contribution in [0.15, 0.2) is 0 Å². The lowest BCUT2D eigenvalue weighted by Gasteiger charge is -2.08. The molecule has 0 aliphatic carbocycles. The highest BCUT2D eigenvalue weighted by Crippen LogP contribution is 2.14. The smallest absolute Gasteiger partial charge is 0.217 e. The summed E-state index contributed by atoms with van der Waals surface area (Å²) < 4.78 is 0. The number of hydrogen-bond donors (Lipinski definition) is 1. The maximum absolute atomic E-state index is 10.6. The third-order valence-electron chi connectivity index (χ3n) is 2.60. The van der Waals surface area contributed by atoms with Crippen molar-refractivity contribution in [2.45, 2.75) is 65.2 Å². The normalized spacial score (nSPS) is 12.7. The van der Waals surface area contributed by atoms with Gasteiger partial charge in [0.25, 0.3) is 0 Å². The molecular weight excluding hydrogens is 174 g/mol. The predicted octanol–water partition coefficient (Wildman–Crippen LogP) is 3.25. The number of carbonyl (C=O) groups is 1. The summed E-state index contributed by atoms with van der Waals surface area (Å²) in [4.78, 5) is 10.6. The van der Waals surface area contributed by atoms with Gasteiger partial charge in [0.05, 0.1) is 0 Å². The first kappa shape index (κ1) is 13.5. The summed E-state index contributed by atoms with van der Waals surface area (Å²) in [7, 11) is 0. The van der Waals surface area contributed by atoms with E-state index in [4.69, 9.17) is 5.73 Å². The van der Waals surface area contributed by atoms with Gasteiger partial charge in [0.15, 0.2) is 0 Å². The lowest BCUT2D eigenvalue weighted by Crippen LogP contribution is -2.14. The van der Waals surface area contributed by atoms with Crippen molar-refractivity contribution in [1.82, 2.24) is 0 Å². The van der Waals surface area contributed by atoms with Gasteiger partial charge in [-0.3, -0.25) is 4.79 Å².